The van der Waals surface area contributed by atoms with Crippen molar-refractivity contribution >= 4 is 5.97 Å². The van der Waals surface area contributed by atoms with Gasteiger partial charge in [-0.05, 0) is 26.8 Å². The highest BCUT2D eigenvalue weighted by atomic mass is 16.5. The van der Waals surface area contributed by atoms with Crippen molar-refractivity contribution in [2.24, 2.45) is 0 Å². The number of hydrogen-bond acceptors (Lipinski definition) is 3. The summed E-state index contributed by atoms with van der Waals surface area (Å²) in [5.41, 5.74) is -0.454. The molecular formula is C10H13NO3. The highest BCUT2D eigenvalue weighted by Gasteiger charge is 2.29. The maximum atomic E-state index is 10.8. The van der Waals surface area contributed by atoms with Gasteiger partial charge in [0.2, 0.25) is 11.5 Å². The minimum Gasteiger partial charge on any atom is -0.478 e. The molecule has 76 valence electrons. The number of nitrogens with zero attached hydrogens (tertiary/aromatic N) is 1. The molecule has 1 aromatic rings. The van der Waals surface area contributed by atoms with E-state index in [0.29, 0.717) is 5.88 Å². The zero-order valence-corrected chi connectivity index (χ0v) is 8.44. The Hall–Kier alpha value is -1.58. The van der Waals surface area contributed by atoms with E-state index in [1.54, 1.807) is 12.1 Å². The van der Waals surface area contributed by atoms with Gasteiger partial charge in [-0.25, -0.2) is 9.78 Å². The molecule has 0 aromatic carbocycles. The topological polar surface area (TPSA) is 59.4 Å². The summed E-state index contributed by atoms with van der Waals surface area (Å²) in [6.45, 7) is 4.79. The molecule has 1 rings (SSSR count). The van der Waals surface area contributed by atoms with Gasteiger partial charge in [0.05, 0.1) is 0 Å². The van der Waals surface area contributed by atoms with Crippen LogP contribution in [0.25, 0.3) is 0 Å². The van der Waals surface area contributed by atoms with Gasteiger partial charge in [-0.2, -0.15) is 0 Å². The van der Waals surface area contributed by atoms with Gasteiger partial charge in [0, 0.05) is 11.8 Å². The Morgan fingerprint density at radius 3 is 2.64 bits per heavy atom. The second-order valence-corrected chi connectivity index (χ2v) is 3.53. The Morgan fingerprint density at radius 2 is 2.14 bits per heavy atom. The van der Waals surface area contributed by atoms with E-state index in [9.17, 15) is 4.79 Å². The molecule has 0 spiro atoms. The lowest BCUT2D eigenvalue weighted by Crippen LogP contribution is -2.38. The predicted molar refractivity (Wildman–Crippen MR) is 51.3 cm³/mol. The molecule has 4 heteroatoms. The summed E-state index contributed by atoms with van der Waals surface area (Å²) in [5.74, 6) is -0.682. The number of rotatable bonds is 3. The summed E-state index contributed by atoms with van der Waals surface area (Å²) >= 11 is 0. The third-order valence-corrected chi connectivity index (χ3v) is 1.74. The lowest BCUT2D eigenvalue weighted by atomic mass is 10.1. The summed E-state index contributed by atoms with van der Waals surface area (Å²) in [6, 6.07) is 5.23. The molecular weight excluding hydrogens is 182 g/mol. The first kappa shape index (κ1) is 10.5. The number of hydrogen-bond donors (Lipinski definition) is 1. The SMILES string of the molecule is Cc1cccc(OC(C)(C)C(=O)O)n1. The molecule has 1 N–H and O–H groups in total. The molecule has 0 atom stereocenters. The third kappa shape index (κ3) is 2.45. The molecule has 14 heavy (non-hydrogen) atoms. The third-order valence-electron chi connectivity index (χ3n) is 1.74. The van der Waals surface area contributed by atoms with E-state index < -0.39 is 11.6 Å². The summed E-state index contributed by atoms with van der Waals surface area (Å²) in [5, 5.41) is 8.82. The van der Waals surface area contributed by atoms with E-state index in [4.69, 9.17) is 9.84 Å². The first-order chi connectivity index (χ1) is 6.42. The largest absolute Gasteiger partial charge is 0.478 e. The van der Waals surface area contributed by atoms with Crippen LogP contribution in [0.1, 0.15) is 19.5 Å². The molecule has 4 nitrogen and oxygen atoms in total. The fourth-order valence-corrected chi connectivity index (χ4v) is 0.880. The Morgan fingerprint density at radius 1 is 1.50 bits per heavy atom. The van der Waals surface area contributed by atoms with Crippen molar-refractivity contribution in [3.8, 4) is 5.88 Å². The van der Waals surface area contributed by atoms with Gasteiger partial charge in [-0.15, -0.1) is 0 Å². The normalized spacial score (nSPS) is 11.1. The number of aryl methyl sites for hydroxylation is 1. The maximum absolute atomic E-state index is 10.8. The molecule has 0 amide bonds. The number of carboxylic acid groups (broad SMARTS) is 1. The fraction of sp³-hybridized carbons (Fsp3) is 0.400. The number of aromatic nitrogens is 1. The highest BCUT2D eigenvalue weighted by molar-refractivity contribution is 5.76. The van der Waals surface area contributed by atoms with E-state index >= 15 is 0 Å². The van der Waals surface area contributed by atoms with Crippen molar-refractivity contribution in [1.82, 2.24) is 4.98 Å². The van der Waals surface area contributed by atoms with E-state index in [1.807, 2.05) is 13.0 Å². The number of pyridine rings is 1. The van der Waals surface area contributed by atoms with Crippen molar-refractivity contribution in [3.63, 3.8) is 0 Å². The van der Waals surface area contributed by atoms with Crippen LogP contribution in [0.5, 0.6) is 5.88 Å². The second-order valence-electron chi connectivity index (χ2n) is 3.53. The highest BCUT2D eigenvalue weighted by Crippen LogP contribution is 2.15. The van der Waals surface area contributed by atoms with E-state index in [0.717, 1.165) is 5.69 Å². The predicted octanol–water partition coefficient (Wildman–Crippen LogP) is 1.63. The van der Waals surface area contributed by atoms with Crippen molar-refractivity contribution in [3.05, 3.63) is 23.9 Å². The zero-order chi connectivity index (χ0) is 10.8. The molecule has 0 radical (unpaired) electrons. The molecule has 0 saturated heterocycles. The summed E-state index contributed by atoms with van der Waals surface area (Å²) < 4.78 is 5.23. The summed E-state index contributed by atoms with van der Waals surface area (Å²) in [6.07, 6.45) is 0. The minimum absolute atomic E-state index is 0.331. The van der Waals surface area contributed by atoms with Gasteiger partial charge in [0.15, 0.2) is 0 Å². The molecule has 0 aliphatic carbocycles. The van der Waals surface area contributed by atoms with Gasteiger partial charge < -0.3 is 9.84 Å². The maximum Gasteiger partial charge on any atom is 0.347 e. The minimum atomic E-state index is -1.25. The van der Waals surface area contributed by atoms with E-state index in [2.05, 4.69) is 4.98 Å². The van der Waals surface area contributed by atoms with Gasteiger partial charge in [-0.3, -0.25) is 0 Å². The average Bonchev–Trinajstić information content (AvgIpc) is 2.02. The van der Waals surface area contributed by atoms with Gasteiger partial charge in [-0.1, -0.05) is 6.07 Å². The number of carbonyl (C=O) groups is 1. The van der Waals surface area contributed by atoms with Crippen LogP contribution in [0.2, 0.25) is 0 Å². The van der Waals surface area contributed by atoms with Crippen LogP contribution >= 0.6 is 0 Å². The van der Waals surface area contributed by atoms with Crippen LogP contribution in [0, 0.1) is 6.92 Å². The smallest absolute Gasteiger partial charge is 0.347 e. The first-order valence-corrected chi connectivity index (χ1v) is 4.28. The van der Waals surface area contributed by atoms with Crippen LogP contribution in [0.4, 0.5) is 0 Å². The molecule has 0 unspecified atom stereocenters. The Kier molecular flexibility index (Phi) is 2.74. The number of ether oxygens (including phenoxy) is 1. The lowest BCUT2D eigenvalue weighted by molar-refractivity contribution is -0.152. The van der Waals surface area contributed by atoms with Gasteiger partial charge in [0.1, 0.15) is 0 Å². The second kappa shape index (κ2) is 3.65. The van der Waals surface area contributed by atoms with Crippen LogP contribution < -0.4 is 4.74 Å². The number of carboxylic acids is 1. The summed E-state index contributed by atoms with van der Waals surface area (Å²) in [7, 11) is 0. The molecule has 0 saturated carbocycles. The average molecular weight is 195 g/mol. The van der Waals surface area contributed by atoms with Crippen molar-refractivity contribution in [2.75, 3.05) is 0 Å². The van der Waals surface area contributed by atoms with Gasteiger partial charge >= 0.3 is 5.97 Å². The van der Waals surface area contributed by atoms with Crippen LogP contribution in [0.15, 0.2) is 18.2 Å². The van der Waals surface area contributed by atoms with Crippen LogP contribution in [-0.2, 0) is 4.79 Å². The Balaban J connectivity index is 2.83. The van der Waals surface area contributed by atoms with Crippen molar-refractivity contribution in [1.29, 1.82) is 0 Å². The first-order valence-electron chi connectivity index (χ1n) is 4.28. The molecule has 0 aliphatic rings. The molecule has 1 heterocycles. The quantitative estimate of drug-likeness (QED) is 0.796. The van der Waals surface area contributed by atoms with Crippen molar-refractivity contribution < 1.29 is 14.6 Å². The fourth-order valence-electron chi connectivity index (χ4n) is 0.880. The molecule has 0 fully saturated rings. The monoisotopic (exact) mass is 195 g/mol. The lowest BCUT2D eigenvalue weighted by Gasteiger charge is -2.20. The van der Waals surface area contributed by atoms with Crippen LogP contribution in [0.3, 0.4) is 0 Å². The van der Waals surface area contributed by atoms with Crippen LogP contribution in [-0.4, -0.2) is 21.7 Å². The molecule has 0 bridgehead atoms. The standard InChI is InChI=1S/C10H13NO3/c1-7-5-4-6-8(11-7)14-10(2,3)9(12)13/h4-6H,1-3H3,(H,12,13). The molecule has 0 aliphatic heterocycles. The summed E-state index contributed by atoms with van der Waals surface area (Å²) in [4.78, 5) is 14.8. The van der Waals surface area contributed by atoms with Gasteiger partial charge in [0.25, 0.3) is 0 Å². The van der Waals surface area contributed by atoms with E-state index in [1.165, 1.54) is 13.8 Å². The molecule has 1 aromatic heterocycles. The van der Waals surface area contributed by atoms with Crippen molar-refractivity contribution in [2.45, 2.75) is 26.4 Å². The zero-order valence-electron chi connectivity index (χ0n) is 8.44. The Labute approximate surface area is 82.5 Å². The Bertz CT molecular complexity index is 347. The number of aliphatic carboxylic acids is 1. The van der Waals surface area contributed by atoms with E-state index in [-0.39, 0.29) is 0 Å².